The third kappa shape index (κ3) is 2.95. The van der Waals surface area contributed by atoms with Crippen molar-refractivity contribution in [3.05, 3.63) is 11.1 Å². The smallest absolute Gasteiger partial charge is 0.180 e. The zero-order valence-corrected chi connectivity index (χ0v) is 11.0. The van der Waals surface area contributed by atoms with Crippen molar-refractivity contribution in [2.75, 3.05) is 18.8 Å². The number of likely N-dealkylation sites (tertiary alicyclic amines) is 1. The van der Waals surface area contributed by atoms with E-state index in [9.17, 15) is 0 Å². The number of piperidine rings is 1. The van der Waals surface area contributed by atoms with Gasteiger partial charge in [-0.1, -0.05) is 6.92 Å². The quantitative estimate of drug-likeness (QED) is 0.880. The first-order valence-electron chi connectivity index (χ1n) is 6.09. The molecule has 2 N–H and O–H groups in total. The van der Waals surface area contributed by atoms with E-state index in [1.54, 1.807) is 11.3 Å². The molecule has 0 aliphatic carbocycles. The number of hydrogen-bond acceptors (Lipinski definition) is 4. The summed E-state index contributed by atoms with van der Waals surface area (Å²) in [6.07, 6.45) is 3.70. The Morgan fingerprint density at radius 1 is 1.56 bits per heavy atom. The molecule has 2 unspecified atom stereocenters. The largest absolute Gasteiger partial charge is 0.375 e. The van der Waals surface area contributed by atoms with E-state index < -0.39 is 0 Å². The van der Waals surface area contributed by atoms with Gasteiger partial charge in [-0.25, -0.2) is 4.98 Å². The minimum Gasteiger partial charge on any atom is -0.375 e. The minimum atomic E-state index is 0.690. The van der Waals surface area contributed by atoms with Gasteiger partial charge in [-0.05, 0) is 32.2 Å². The Morgan fingerprint density at radius 3 is 3.00 bits per heavy atom. The number of nitrogens with two attached hydrogens (primary N) is 1. The van der Waals surface area contributed by atoms with Gasteiger partial charge >= 0.3 is 0 Å². The molecule has 1 fully saturated rings. The number of thiazole rings is 1. The highest BCUT2D eigenvalue weighted by Crippen LogP contribution is 2.22. The van der Waals surface area contributed by atoms with Crippen molar-refractivity contribution in [1.29, 1.82) is 0 Å². The molecule has 2 heterocycles. The fourth-order valence-corrected chi connectivity index (χ4v) is 3.08. The number of hydrogen-bond donors (Lipinski definition) is 1. The topological polar surface area (TPSA) is 42.1 Å². The summed E-state index contributed by atoms with van der Waals surface area (Å²) in [6.45, 7) is 7.05. The highest BCUT2D eigenvalue weighted by atomic mass is 32.1. The molecule has 0 radical (unpaired) electrons. The second-order valence-electron chi connectivity index (χ2n) is 4.94. The molecule has 90 valence electrons. The van der Waals surface area contributed by atoms with Crippen LogP contribution in [0, 0.1) is 5.92 Å². The van der Waals surface area contributed by atoms with Gasteiger partial charge in [0.25, 0.3) is 0 Å². The molecule has 4 heteroatoms. The number of anilines is 1. The molecule has 16 heavy (non-hydrogen) atoms. The van der Waals surface area contributed by atoms with E-state index in [-0.39, 0.29) is 0 Å². The maximum Gasteiger partial charge on any atom is 0.180 e. The van der Waals surface area contributed by atoms with Gasteiger partial charge in [0.2, 0.25) is 0 Å². The summed E-state index contributed by atoms with van der Waals surface area (Å²) in [6, 6.07) is 0.722. The fraction of sp³-hybridized carbons (Fsp3) is 0.750. The monoisotopic (exact) mass is 239 g/mol. The van der Waals surface area contributed by atoms with Crippen LogP contribution in [0.4, 0.5) is 5.13 Å². The minimum absolute atomic E-state index is 0.690. The van der Waals surface area contributed by atoms with Gasteiger partial charge in [0.05, 0.1) is 5.69 Å². The van der Waals surface area contributed by atoms with Crippen LogP contribution in [0.1, 0.15) is 32.4 Å². The Morgan fingerprint density at radius 2 is 2.38 bits per heavy atom. The molecular weight excluding hydrogens is 218 g/mol. The number of aromatic nitrogens is 1. The van der Waals surface area contributed by atoms with Crippen molar-refractivity contribution < 1.29 is 0 Å². The maximum absolute atomic E-state index is 5.63. The SMILES string of the molecule is CC1CCN(CCc2csc(N)n2)C(C)C1. The van der Waals surface area contributed by atoms with Gasteiger partial charge in [-0.15, -0.1) is 11.3 Å². The van der Waals surface area contributed by atoms with E-state index in [0.717, 1.165) is 30.6 Å². The third-order valence-corrected chi connectivity index (χ3v) is 4.22. The van der Waals surface area contributed by atoms with Gasteiger partial charge < -0.3 is 10.6 Å². The van der Waals surface area contributed by atoms with Crippen LogP contribution in [0.2, 0.25) is 0 Å². The Bertz CT molecular complexity index is 337. The summed E-state index contributed by atoms with van der Waals surface area (Å²) in [7, 11) is 0. The lowest BCUT2D eigenvalue weighted by molar-refractivity contribution is 0.131. The summed E-state index contributed by atoms with van der Waals surface area (Å²) in [5.74, 6) is 0.890. The van der Waals surface area contributed by atoms with Crippen LogP contribution < -0.4 is 5.73 Å². The van der Waals surface area contributed by atoms with E-state index in [2.05, 4.69) is 29.1 Å². The molecule has 0 saturated carbocycles. The second kappa shape index (κ2) is 5.15. The van der Waals surface area contributed by atoms with Crippen LogP contribution >= 0.6 is 11.3 Å². The predicted molar refractivity (Wildman–Crippen MR) is 69.7 cm³/mol. The van der Waals surface area contributed by atoms with Crippen LogP contribution in [-0.4, -0.2) is 29.0 Å². The van der Waals surface area contributed by atoms with Crippen molar-refractivity contribution >= 4 is 16.5 Å². The van der Waals surface area contributed by atoms with E-state index in [1.165, 1.54) is 19.4 Å². The van der Waals surface area contributed by atoms with Gasteiger partial charge in [0, 0.05) is 24.4 Å². The van der Waals surface area contributed by atoms with E-state index in [0.29, 0.717) is 5.13 Å². The molecule has 2 rings (SSSR count). The lowest BCUT2D eigenvalue weighted by atomic mass is 9.93. The zero-order chi connectivity index (χ0) is 11.5. The molecule has 0 aromatic carbocycles. The predicted octanol–water partition coefficient (Wildman–Crippen LogP) is 2.39. The molecule has 1 saturated heterocycles. The molecular formula is C12H21N3S. The average molecular weight is 239 g/mol. The molecule has 0 amide bonds. The third-order valence-electron chi connectivity index (χ3n) is 3.50. The molecule has 1 aromatic rings. The van der Waals surface area contributed by atoms with E-state index >= 15 is 0 Å². The normalized spacial score (nSPS) is 27.1. The summed E-state index contributed by atoms with van der Waals surface area (Å²) in [5, 5.41) is 2.77. The first-order chi connectivity index (χ1) is 7.65. The maximum atomic E-state index is 5.63. The Balaban J connectivity index is 1.81. The average Bonchev–Trinajstić information content (AvgIpc) is 2.63. The molecule has 1 aromatic heterocycles. The molecule has 2 atom stereocenters. The molecule has 3 nitrogen and oxygen atoms in total. The summed E-state index contributed by atoms with van der Waals surface area (Å²) in [5.41, 5.74) is 6.77. The Labute approximate surface area is 102 Å². The van der Waals surface area contributed by atoms with Crippen molar-refractivity contribution in [3.63, 3.8) is 0 Å². The van der Waals surface area contributed by atoms with Crippen LogP contribution in [0.15, 0.2) is 5.38 Å². The van der Waals surface area contributed by atoms with Crippen LogP contribution in [0.3, 0.4) is 0 Å². The van der Waals surface area contributed by atoms with E-state index in [1.807, 2.05) is 0 Å². The lowest BCUT2D eigenvalue weighted by Gasteiger charge is -2.36. The summed E-state index contributed by atoms with van der Waals surface area (Å²) < 4.78 is 0. The second-order valence-corrected chi connectivity index (χ2v) is 5.83. The summed E-state index contributed by atoms with van der Waals surface area (Å²) in [4.78, 5) is 6.88. The fourth-order valence-electron chi connectivity index (χ4n) is 2.48. The van der Waals surface area contributed by atoms with Crippen molar-refractivity contribution in [1.82, 2.24) is 9.88 Å². The first kappa shape index (κ1) is 11.9. The van der Waals surface area contributed by atoms with Crippen molar-refractivity contribution in [2.24, 2.45) is 5.92 Å². The van der Waals surface area contributed by atoms with Crippen LogP contribution in [0.25, 0.3) is 0 Å². The van der Waals surface area contributed by atoms with Crippen LogP contribution in [0.5, 0.6) is 0 Å². The van der Waals surface area contributed by atoms with Gasteiger partial charge in [-0.3, -0.25) is 0 Å². The van der Waals surface area contributed by atoms with Gasteiger partial charge in [-0.2, -0.15) is 0 Å². The van der Waals surface area contributed by atoms with Crippen LogP contribution in [-0.2, 0) is 6.42 Å². The van der Waals surface area contributed by atoms with Crippen molar-refractivity contribution in [3.8, 4) is 0 Å². The standard InChI is InChI=1S/C12H21N3S/c1-9-3-5-15(10(2)7-9)6-4-11-8-16-12(13)14-11/h8-10H,3-7H2,1-2H3,(H2,13,14). The number of nitrogens with zero attached hydrogens (tertiary/aromatic N) is 2. The first-order valence-corrected chi connectivity index (χ1v) is 6.97. The summed E-state index contributed by atoms with van der Waals surface area (Å²) >= 11 is 1.54. The Hall–Kier alpha value is -0.610. The van der Waals surface area contributed by atoms with E-state index in [4.69, 9.17) is 5.73 Å². The highest BCUT2D eigenvalue weighted by Gasteiger charge is 2.22. The highest BCUT2D eigenvalue weighted by molar-refractivity contribution is 7.13. The number of rotatable bonds is 3. The van der Waals surface area contributed by atoms with Crippen molar-refractivity contribution in [2.45, 2.75) is 39.2 Å². The Kier molecular flexibility index (Phi) is 3.82. The molecule has 1 aliphatic rings. The molecule has 0 spiro atoms. The van der Waals surface area contributed by atoms with Gasteiger partial charge in [0.1, 0.15) is 0 Å². The zero-order valence-electron chi connectivity index (χ0n) is 10.1. The molecule has 0 bridgehead atoms. The lowest BCUT2D eigenvalue weighted by Crippen LogP contribution is -2.41. The number of nitrogen functional groups attached to an aromatic ring is 1. The van der Waals surface area contributed by atoms with Gasteiger partial charge in [0.15, 0.2) is 5.13 Å². The molecule has 1 aliphatic heterocycles.